The van der Waals surface area contributed by atoms with E-state index in [1.165, 1.54) is 17.5 Å². The van der Waals surface area contributed by atoms with Crippen molar-refractivity contribution in [2.24, 2.45) is 5.92 Å². The van der Waals surface area contributed by atoms with Crippen LogP contribution in [-0.2, 0) is 6.42 Å². The molecule has 0 amide bonds. The van der Waals surface area contributed by atoms with Crippen molar-refractivity contribution in [3.8, 4) is 0 Å². The van der Waals surface area contributed by atoms with Gasteiger partial charge in [0.1, 0.15) is 0 Å². The fourth-order valence-electron chi connectivity index (χ4n) is 1.64. The van der Waals surface area contributed by atoms with Gasteiger partial charge in [0.15, 0.2) is 0 Å². The molecule has 13 heavy (non-hydrogen) atoms. The molecule has 72 valence electrons. The first-order valence-corrected chi connectivity index (χ1v) is 4.93. The highest BCUT2D eigenvalue weighted by Gasteiger charge is 2.03. The summed E-state index contributed by atoms with van der Waals surface area (Å²) in [6, 6.07) is 8.62. The summed E-state index contributed by atoms with van der Waals surface area (Å²) in [5.41, 5.74) is 2.88. The van der Waals surface area contributed by atoms with Crippen molar-refractivity contribution in [3.63, 3.8) is 0 Å². The molecule has 0 aromatic heterocycles. The van der Waals surface area contributed by atoms with Crippen molar-refractivity contribution in [3.05, 3.63) is 35.4 Å². The van der Waals surface area contributed by atoms with Crippen molar-refractivity contribution in [1.29, 1.82) is 0 Å². The molecule has 1 aromatic carbocycles. The molecule has 1 atom stereocenters. The third-order valence-electron chi connectivity index (χ3n) is 2.38. The number of hydrogen-bond donors (Lipinski definition) is 1. The molecule has 0 saturated heterocycles. The van der Waals surface area contributed by atoms with Gasteiger partial charge in [-0.05, 0) is 44.0 Å². The van der Waals surface area contributed by atoms with Crippen LogP contribution in [0.3, 0.4) is 0 Å². The van der Waals surface area contributed by atoms with E-state index in [2.05, 4.69) is 43.4 Å². The smallest absolute Gasteiger partial charge is 0.00230 e. The third-order valence-corrected chi connectivity index (χ3v) is 2.38. The van der Waals surface area contributed by atoms with Gasteiger partial charge >= 0.3 is 0 Å². The van der Waals surface area contributed by atoms with Crippen LogP contribution in [0.25, 0.3) is 0 Å². The van der Waals surface area contributed by atoms with Gasteiger partial charge in [-0.1, -0.05) is 31.2 Å². The molecule has 1 aromatic rings. The Labute approximate surface area is 81.2 Å². The molecule has 0 heterocycles. The number of benzene rings is 1. The second kappa shape index (κ2) is 5.03. The number of aryl methyl sites for hydroxylation is 1. The van der Waals surface area contributed by atoms with Gasteiger partial charge in [-0.15, -0.1) is 0 Å². The zero-order valence-electron chi connectivity index (χ0n) is 8.80. The molecule has 0 radical (unpaired) electrons. The van der Waals surface area contributed by atoms with E-state index in [4.69, 9.17) is 0 Å². The molecule has 0 saturated carbocycles. The molecular formula is C12H19N. The summed E-state index contributed by atoms with van der Waals surface area (Å²) >= 11 is 0. The van der Waals surface area contributed by atoms with Crippen LogP contribution in [0.1, 0.15) is 18.1 Å². The van der Waals surface area contributed by atoms with Crippen molar-refractivity contribution < 1.29 is 0 Å². The van der Waals surface area contributed by atoms with E-state index in [1.807, 2.05) is 7.05 Å². The summed E-state index contributed by atoms with van der Waals surface area (Å²) in [5.74, 6) is 0.714. The van der Waals surface area contributed by atoms with E-state index < -0.39 is 0 Å². The summed E-state index contributed by atoms with van der Waals surface area (Å²) in [6.07, 6.45) is 1.17. The minimum Gasteiger partial charge on any atom is -0.319 e. The Morgan fingerprint density at radius 3 is 2.62 bits per heavy atom. The SMILES string of the molecule is CNCC(C)Cc1ccccc1C. The Balaban J connectivity index is 2.58. The lowest BCUT2D eigenvalue weighted by Gasteiger charge is -2.12. The summed E-state index contributed by atoms with van der Waals surface area (Å²) in [7, 11) is 2.01. The minimum absolute atomic E-state index is 0.714. The first kappa shape index (κ1) is 10.3. The number of rotatable bonds is 4. The molecule has 0 spiro atoms. The molecule has 0 aliphatic heterocycles. The maximum atomic E-state index is 3.21. The molecule has 1 unspecified atom stereocenters. The summed E-state index contributed by atoms with van der Waals surface area (Å²) < 4.78 is 0. The van der Waals surface area contributed by atoms with Crippen molar-refractivity contribution in [2.45, 2.75) is 20.3 Å². The average molecular weight is 177 g/mol. The molecule has 1 nitrogen and oxygen atoms in total. The van der Waals surface area contributed by atoms with Crippen LogP contribution in [0.15, 0.2) is 24.3 Å². The van der Waals surface area contributed by atoms with Gasteiger partial charge in [-0.3, -0.25) is 0 Å². The summed E-state index contributed by atoms with van der Waals surface area (Å²) in [5, 5.41) is 3.21. The van der Waals surface area contributed by atoms with Crippen LogP contribution in [0.4, 0.5) is 0 Å². The average Bonchev–Trinajstić information content (AvgIpc) is 2.09. The van der Waals surface area contributed by atoms with Crippen LogP contribution in [0, 0.1) is 12.8 Å². The Morgan fingerprint density at radius 2 is 2.00 bits per heavy atom. The lowest BCUT2D eigenvalue weighted by molar-refractivity contribution is 0.540. The van der Waals surface area contributed by atoms with E-state index in [0.717, 1.165) is 6.54 Å². The lowest BCUT2D eigenvalue weighted by Crippen LogP contribution is -2.18. The molecule has 0 aliphatic carbocycles. The Bertz CT molecular complexity index is 255. The second-order valence-corrected chi connectivity index (χ2v) is 3.79. The standard InChI is InChI=1S/C12H19N/c1-10(9-13-3)8-12-7-5-4-6-11(12)2/h4-7,10,13H,8-9H2,1-3H3. The van der Waals surface area contributed by atoms with Crippen molar-refractivity contribution >= 4 is 0 Å². The van der Waals surface area contributed by atoms with Crippen LogP contribution in [-0.4, -0.2) is 13.6 Å². The Kier molecular flexibility index (Phi) is 3.97. The second-order valence-electron chi connectivity index (χ2n) is 3.79. The quantitative estimate of drug-likeness (QED) is 0.744. The zero-order chi connectivity index (χ0) is 9.68. The Morgan fingerprint density at radius 1 is 1.31 bits per heavy atom. The highest BCUT2D eigenvalue weighted by molar-refractivity contribution is 5.25. The minimum atomic E-state index is 0.714. The first-order valence-electron chi connectivity index (χ1n) is 4.93. The van der Waals surface area contributed by atoms with Crippen LogP contribution < -0.4 is 5.32 Å². The molecule has 1 rings (SSSR count). The van der Waals surface area contributed by atoms with E-state index >= 15 is 0 Å². The highest BCUT2D eigenvalue weighted by Crippen LogP contribution is 2.12. The van der Waals surface area contributed by atoms with Gasteiger partial charge in [0.25, 0.3) is 0 Å². The van der Waals surface area contributed by atoms with E-state index in [0.29, 0.717) is 5.92 Å². The summed E-state index contributed by atoms with van der Waals surface area (Å²) in [4.78, 5) is 0. The fraction of sp³-hybridized carbons (Fsp3) is 0.500. The van der Waals surface area contributed by atoms with Gasteiger partial charge < -0.3 is 5.32 Å². The molecule has 1 heteroatoms. The predicted molar refractivity (Wildman–Crippen MR) is 58.0 cm³/mol. The van der Waals surface area contributed by atoms with Gasteiger partial charge in [-0.25, -0.2) is 0 Å². The van der Waals surface area contributed by atoms with E-state index in [1.54, 1.807) is 0 Å². The lowest BCUT2D eigenvalue weighted by atomic mass is 9.97. The molecular weight excluding hydrogens is 158 g/mol. The van der Waals surface area contributed by atoms with E-state index in [9.17, 15) is 0 Å². The Hall–Kier alpha value is -0.820. The molecule has 1 N–H and O–H groups in total. The molecule has 0 aliphatic rings. The zero-order valence-corrected chi connectivity index (χ0v) is 8.80. The molecule has 0 fully saturated rings. The fourth-order valence-corrected chi connectivity index (χ4v) is 1.64. The highest BCUT2D eigenvalue weighted by atomic mass is 14.8. The monoisotopic (exact) mass is 177 g/mol. The maximum absolute atomic E-state index is 3.21. The largest absolute Gasteiger partial charge is 0.319 e. The van der Waals surface area contributed by atoms with Crippen LogP contribution in [0.2, 0.25) is 0 Å². The van der Waals surface area contributed by atoms with Crippen LogP contribution >= 0.6 is 0 Å². The topological polar surface area (TPSA) is 12.0 Å². The van der Waals surface area contributed by atoms with Gasteiger partial charge in [0.05, 0.1) is 0 Å². The van der Waals surface area contributed by atoms with Gasteiger partial charge in [0.2, 0.25) is 0 Å². The number of nitrogens with one attached hydrogen (secondary N) is 1. The summed E-state index contributed by atoms with van der Waals surface area (Å²) in [6.45, 7) is 5.55. The van der Waals surface area contributed by atoms with Crippen LogP contribution in [0.5, 0.6) is 0 Å². The van der Waals surface area contributed by atoms with Crippen molar-refractivity contribution in [1.82, 2.24) is 5.32 Å². The van der Waals surface area contributed by atoms with E-state index in [-0.39, 0.29) is 0 Å². The van der Waals surface area contributed by atoms with Gasteiger partial charge in [0, 0.05) is 0 Å². The third kappa shape index (κ3) is 3.19. The number of hydrogen-bond acceptors (Lipinski definition) is 1. The normalized spacial score (nSPS) is 12.8. The van der Waals surface area contributed by atoms with Crippen molar-refractivity contribution in [2.75, 3.05) is 13.6 Å². The van der Waals surface area contributed by atoms with Gasteiger partial charge in [-0.2, -0.15) is 0 Å². The molecule has 0 bridgehead atoms. The maximum Gasteiger partial charge on any atom is -0.00230 e. The predicted octanol–water partition coefficient (Wildman–Crippen LogP) is 2.39. The first-order chi connectivity index (χ1) is 6.24.